The molecule has 0 bridgehead atoms. The number of hydrogen-bond acceptors (Lipinski definition) is 4. The zero-order valence-electron chi connectivity index (χ0n) is 13.7. The van der Waals surface area contributed by atoms with E-state index in [0.29, 0.717) is 17.3 Å². The lowest BCUT2D eigenvalue weighted by atomic mass is 10.1. The lowest BCUT2D eigenvalue weighted by Gasteiger charge is -2.09. The summed E-state index contributed by atoms with van der Waals surface area (Å²) < 4.78 is 11.3. The summed E-state index contributed by atoms with van der Waals surface area (Å²) in [5.74, 6) is 1.49. The van der Waals surface area contributed by atoms with Crippen molar-refractivity contribution < 1.29 is 14.3 Å². The van der Waals surface area contributed by atoms with E-state index in [9.17, 15) is 4.79 Å². The zero-order chi connectivity index (χ0) is 17.5. The number of para-hydroxylation sites is 2. The Hall–Kier alpha value is -3.54. The Labute approximate surface area is 148 Å². The van der Waals surface area contributed by atoms with E-state index in [1.807, 2.05) is 60.7 Å². The van der Waals surface area contributed by atoms with Crippen molar-refractivity contribution in [3.8, 4) is 11.5 Å². The van der Waals surface area contributed by atoms with Gasteiger partial charge in [-0.1, -0.05) is 36.4 Å². The van der Waals surface area contributed by atoms with Crippen LogP contribution in [0.2, 0.25) is 0 Å². The molecule has 2 heterocycles. The zero-order valence-corrected chi connectivity index (χ0v) is 13.7. The molecule has 0 fully saturated rings. The number of rotatable bonds is 3. The van der Waals surface area contributed by atoms with Gasteiger partial charge in [-0.05, 0) is 35.0 Å². The summed E-state index contributed by atoms with van der Waals surface area (Å²) in [5.41, 5.74) is 1.80. The molecule has 0 atom stereocenters. The van der Waals surface area contributed by atoms with E-state index in [2.05, 4.69) is 15.3 Å². The van der Waals surface area contributed by atoms with Gasteiger partial charge in [-0.3, -0.25) is 4.79 Å². The summed E-state index contributed by atoms with van der Waals surface area (Å²) in [5, 5.41) is 4.88. The van der Waals surface area contributed by atoms with Crippen LogP contribution in [0.5, 0.6) is 11.5 Å². The van der Waals surface area contributed by atoms with Crippen LogP contribution in [0, 0.1) is 0 Å². The summed E-state index contributed by atoms with van der Waals surface area (Å²) in [6.45, 7) is 0.273. The summed E-state index contributed by atoms with van der Waals surface area (Å²) in [7, 11) is 0. The molecule has 26 heavy (non-hydrogen) atoms. The van der Waals surface area contributed by atoms with Crippen molar-refractivity contribution in [1.29, 1.82) is 0 Å². The van der Waals surface area contributed by atoms with Gasteiger partial charge in [0, 0.05) is 0 Å². The highest BCUT2D eigenvalue weighted by Crippen LogP contribution is 2.38. The van der Waals surface area contributed by atoms with Crippen molar-refractivity contribution in [3.05, 3.63) is 66.5 Å². The second-order valence-electron chi connectivity index (χ2n) is 6.13. The Morgan fingerprint density at radius 1 is 1.00 bits per heavy atom. The monoisotopic (exact) mass is 345 g/mol. The number of carbonyl (C=O) groups excluding carboxylic acids is 1. The fourth-order valence-electron chi connectivity index (χ4n) is 3.09. The van der Waals surface area contributed by atoms with Crippen LogP contribution in [0.25, 0.3) is 21.8 Å². The molecule has 4 aromatic rings. The van der Waals surface area contributed by atoms with Crippen LogP contribution < -0.4 is 14.8 Å². The van der Waals surface area contributed by atoms with E-state index in [0.717, 1.165) is 21.8 Å². The largest absolute Gasteiger partial charge is 0.442 e. The predicted octanol–water partition coefficient (Wildman–Crippen LogP) is 3.13. The number of aromatic nitrogens is 2. The van der Waals surface area contributed by atoms with Gasteiger partial charge in [0.2, 0.25) is 0 Å². The summed E-state index contributed by atoms with van der Waals surface area (Å²) in [6.07, 6.45) is -0.994. The number of nitrogens with zero attached hydrogens (tertiary/aromatic N) is 1. The summed E-state index contributed by atoms with van der Waals surface area (Å²) in [6, 6.07) is 19.4. The molecule has 6 heteroatoms. The minimum atomic E-state index is -0.994. The Kier molecular flexibility index (Phi) is 3.28. The quantitative estimate of drug-likeness (QED) is 0.598. The van der Waals surface area contributed by atoms with Gasteiger partial charge in [-0.15, -0.1) is 0 Å². The average molecular weight is 345 g/mol. The molecule has 1 aliphatic rings. The predicted molar refractivity (Wildman–Crippen MR) is 96.9 cm³/mol. The van der Waals surface area contributed by atoms with Crippen LogP contribution in [0.4, 0.5) is 0 Å². The number of carbonyl (C=O) groups is 1. The second kappa shape index (κ2) is 5.77. The average Bonchev–Trinajstić information content (AvgIpc) is 3.27. The van der Waals surface area contributed by atoms with Gasteiger partial charge in [0.15, 0.2) is 11.5 Å². The highest BCUT2D eigenvalue weighted by molar-refractivity contribution is 5.88. The van der Waals surface area contributed by atoms with Crippen molar-refractivity contribution in [2.45, 2.75) is 12.8 Å². The maximum absolute atomic E-state index is 12.4. The number of H-pyrrole nitrogens is 1. The second-order valence-corrected chi connectivity index (χ2v) is 6.13. The van der Waals surface area contributed by atoms with Crippen molar-refractivity contribution in [3.63, 3.8) is 0 Å². The standard InChI is InChI=1S/C20H15N3O3/c24-19(21-11-18-22-14-7-3-4-8-15(14)23-18)20-25-16-9-12-5-1-2-6-13(12)10-17(16)26-20/h1-10,20H,11H2,(H,21,24)(H,22,23). The molecule has 0 saturated carbocycles. The smallest absolute Gasteiger partial charge is 0.321 e. The third-order valence-electron chi connectivity index (χ3n) is 4.36. The molecule has 0 unspecified atom stereocenters. The van der Waals surface area contributed by atoms with Gasteiger partial charge in [0.25, 0.3) is 0 Å². The van der Waals surface area contributed by atoms with E-state index >= 15 is 0 Å². The maximum Gasteiger partial charge on any atom is 0.321 e. The molecule has 128 valence electrons. The summed E-state index contributed by atoms with van der Waals surface area (Å²) in [4.78, 5) is 20.0. The number of fused-ring (bicyclic) bond motifs is 3. The van der Waals surface area contributed by atoms with Gasteiger partial charge in [0.1, 0.15) is 5.82 Å². The Bertz CT molecular complexity index is 1060. The third kappa shape index (κ3) is 2.52. The van der Waals surface area contributed by atoms with Crippen LogP contribution in [0.15, 0.2) is 60.7 Å². The van der Waals surface area contributed by atoms with Crippen molar-refractivity contribution in [2.75, 3.05) is 0 Å². The van der Waals surface area contributed by atoms with E-state index in [-0.39, 0.29) is 12.5 Å². The Balaban J connectivity index is 1.29. The van der Waals surface area contributed by atoms with Crippen LogP contribution >= 0.6 is 0 Å². The fraction of sp³-hybridized carbons (Fsp3) is 0.100. The molecule has 3 aromatic carbocycles. The van der Waals surface area contributed by atoms with E-state index in [1.54, 1.807) is 0 Å². The first-order valence-electron chi connectivity index (χ1n) is 8.34. The van der Waals surface area contributed by atoms with Gasteiger partial charge < -0.3 is 19.8 Å². The number of imidazole rings is 1. The minimum absolute atomic E-state index is 0.273. The molecule has 1 aliphatic heterocycles. The molecule has 6 nitrogen and oxygen atoms in total. The summed E-state index contributed by atoms with van der Waals surface area (Å²) >= 11 is 0. The van der Waals surface area contributed by atoms with Gasteiger partial charge in [-0.2, -0.15) is 0 Å². The first-order chi connectivity index (χ1) is 12.8. The molecule has 0 saturated heterocycles. The molecule has 0 aliphatic carbocycles. The van der Waals surface area contributed by atoms with Crippen LogP contribution in [0.3, 0.4) is 0 Å². The topological polar surface area (TPSA) is 76.2 Å². The first kappa shape index (κ1) is 14.8. The van der Waals surface area contributed by atoms with Gasteiger partial charge >= 0.3 is 12.2 Å². The van der Waals surface area contributed by atoms with E-state index in [1.165, 1.54) is 0 Å². The molecule has 0 spiro atoms. The number of amides is 1. The molecule has 1 aromatic heterocycles. The Morgan fingerprint density at radius 3 is 2.35 bits per heavy atom. The molecule has 1 amide bonds. The molecule has 2 N–H and O–H groups in total. The number of benzene rings is 3. The minimum Gasteiger partial charge on any atom is -0.442 e. The van der Waals surface area contributed by atoms with Crippen LogP contribution in [0.1, 0.15) is 5.82 Å². The van der Waals surface area contributed by atoms with Crippen LogP contribution in [-0.2, 0) is 11.3 Å². The third-order valence-corrected chi connectivity index (χ3v) is 4.36. The number of ether oxygens (including phenoxy) is 2. The van der Waals surface area contributed by atoms with E-state index in [4.69, 9.17) is 9.47 Å². The normalized spacial score (nSPS) is 13.4. The molecule has 5 rings (SSSR count). The molecular weight excluding hydrogens is 330 g/mol. The van der Waals surface area contributed by atoms with Crippen molar-refractivity contribution in [2.24, 2.45) is 0 Å². The highest BCUT2D eigenvalue weighted by atomic mass is 16.7. The SMILES string of the molecule is O=C(NCc1nc2ccccc2[nH]1)C1Oc2cc3ccccc3cc2O1. The fourth-order valence-corrected chi connectivity index (χ4v) is 3.09. The molecular formula is C20H15N3O3. The Morgan fingerprint density at radius 2 is 1.65 bits per heavy atom. The number of nitrogens with one attached hydrogen (secondary N) is 2. The van der Waals surface area contributed by atoms with Crippen molar-refractivity contribution in [1.82, 2.24) is 15.3 Å². The van der Waals surface area contributed by atoms with Gasteiger partial charge in [-0.25, -0.2) is 4.98 Å². The maximum atomic E-state index is 12.4. The van der Waals surface area contributed by atoms with Gasteiger partial charge in [0.05, 0.1) is 17.6 Å². The number of aromatic amines is 1. The molecule has 0 radical (unpaired) electrons. The lowest BCUT2D eigenvalue weighted by molar-refractivity contribution is -0.137. The van der Waals surface area contributed by atoms with Crippen molar-refractivity contribution >= 4 is 27.7 Å². The number of hydrogen-bond donors (Lipinski definition) is 2. The van der Waals surface area contributed by atoms with Crippen LogP contribution in [-0.4, -0.2) is 22.2 Å². The first-order valence-corrected chi connectivity index (χ1v) is 8.34. The van der Waals surface area contributed by atoms with E-state index < -0.39 is 6.29 Å². The highest BCUT2D eigenvalue weighted by Gasteiger charge is 2.31. The lowest BCUT2D eigenvalue weighted by Crippen LogP contribution is -2.39.